The number of nitrogens with one attached hydrogen (secondary N) is 1. The minimum absolute atomic E-state index is 0.00402. The Labute approximate surface area is 176 Å². The predicted octanol–water partition coefficient (Wildman–Crippen LogP) is 3.21. The van der Waals surface area contributed by atoms with Gasteiger partial charge in [-0.05, 0) is 55.0 Å². The van der Waals surface area contributed by atoms with Gasteiger partial charge in [0.2, 0.25) is 10.0 Å². The van der Waals surface area contributed by atoms with Gasteiger partial charge in [0.05, 0.1) is 4.90 Å². The number of ether oxygens (including phenoxy) is 1. The van der Waals surface area contributed by atoms with E-state index in [0.29, 0.717) is 10.7 Å². The summed E-state index contributed by atoms with van der Waals surface area (Å²) < 4.78 is 31.4. The minimum atomic E-state index is -3.88. The molecule has 0 saturated carbocycles. The van der Waals surface area contributed by atoms with Crippen LogP contribution in [0.3, 0.4) is 0 Å². The SMILES string of the molecule is Cc1cc(Br)ccc1NC(=O)COC(=O)CN(C)S(=O)(=O)c1ccc(Cl)cc1. The maximum absolute atomic E-state index is 12.4. The molecule has 0 unspecified atom stereocenters. The zero-order valence-electron chi connectivity index (χ0n) is 15.1. The van der Waals surface area contributed by atoms with Crippen LogP contribution in [-0.4, -0.2) is 44.8 Å². The summed E-state index contributed by atoms with van der Waals surface area (Å²) in [6, 6.07) is 10.9. The Morgan fingerprint density at radius 3 is 2.43 bits per heavy atom. The normalized spacial score (nSPS) is 11.3. The molecule has 0 aromatic heterocycles. The number of halogens is 2. The molecule has 0 spiro atoms. The first-order valence-electron chi connectivity index (χ1n) is 8.03. The largest absolute Gasteiger partial charge is 0.455 e. The average Bonchev–Trinajstić information content (AvgIpc) is 2.62. The van der Waals surface area contributed by atoms with Crippen LogP contribution in [0.15, 0.2) is 51.8 Å². The van der Waals surface area contributed by atoms with Crippen molar-refractivity contribution in [2.45, 2.75) is 11.8 Å². The molecule has 150 valence electrons. The molecule has 7 nitrogen and oxygen atoms in total. The molecular weight excluding hydrogens is 472 g/mol. The van der Waals surface area contributed by atoms with Crippen LogP contribution in [0.25, 0.3) is 0 Å². The van der Waals surface area contributed by atoms with E-state index in [9.17, 15) is 18.0 Å². The lowest BCUT2D eigenvalue weighted by atomic mass is 10.2. The summed E-state index contributed by atoms with van der Waals surface area (Å²) in [5, 5.41) is 3.02. The lowest BCUT2D eigenvalue weighted by molar-refractivity contribution is -0.147. The Balaban J connectivity index is 1.89. The second-order valence-electron chi connectivity index (χ2n) is 5.88. The van der Waals surface area contributed by atoms with Crippen molar-refractivity contribution in [3.63, 3.8) is 0 Å². The third-order valence-electron chi connectivity index (χ3n) is 3.70. The molecule has 1 amide bonds. The van der Waals surface area contributed by atoms with Crippen LogP contribution in [-0.2, 0) is 24.3 Å². The first-order chi connectivity index (χ1) is 13.1. The molecule has 2 aromatic carbocycles. The van der Waals surface area contributed by atoms with Gasteiger partial charge in [0.1, 0.15) is 6.54 Å². The number of esters is 1. The Morgan fingerprint density at radius 1 is 1.18 bits per heavy atom. The third-order valence-corrected chi connectivity index (χ3v) is 6.26. The van der Waals surface area contributed by atoms with Crippen LogP contribution < -0.4 is 5.32 Å². The highest BCUT2D eigenvalue weighted by molar-refractivity contribution is 9.10. The van der Waals surface area contributed by atoms with E-state index < -0.39 is 35.1 Å². The molecule has 0 saturated heterocycles. The molecule has 0 bridgehead atoms. The number of nitrogens with zero attached hydrogens (tertiary/aromatic N) is 1. The van der Waals surface area contributed by atoms with Gasteiger partial charge in [-0.15, -0.1) is 0 Å². The van der Waals surface area contributed by atoms with Gasteiger partial charge in [-0.3, -0.25) is 9.59 Å². The number of carbonyl (C=O) groups excluding carboxylic acids is 2. The zero-order chi connectivity index (χ0) is 20.9. The molecule has 2 rings (SSSR count). The molecule has 28 heavy (non-hydrogen) atoms. The summed E-state index contributed by atoms with van der Waals surface area (Å²) in [6.45, 7) is 0.766. The van der Waals surface area contributed by atoms with Crippen molar-refractivity contribution in [2.24, 2.45) is 0 Å². The summed E-state index contributed by atoms with van der Waals surface area (Å²) in [6.07, 6.45) is 0. The summed E-state index contributed by atoms with van der Waals surface area (Å²) in [4.78, 5) is 23.9. The molecule has 0 fully saturated rings. The Bertz CT molecular complexity index is 980. The monoisotopic (exact) mass is 488 g/mol. The van der Waals surface area contributed by atoms with Crippen molar-refractivity contribution in [1.29, 1.82) is 0 Å². The molecule has 0 atom stereocenters. The number of aryl methyl sites for hydroxylation is 1. The van der Waals surface area contributed by atoms with E-state index in [2.05, 4.69) is 21.2 Å². The lowest BCUT2D eigenvalue weighted by Gasteiger charge is -2.16. The van der Waals surface area contributed by atoms with Gasteiger partial charge in [-0.25, -0.2) is 8.42 Å². The number of amides is 1. The Hall–Kier alpha value is -1.94. The molecule has 0 aliphatic rings. The van der Waals surface area contributed by atoms with Gasteiger partial charge in [0, 0.05) is 22.2 Å². The number of likely N-dealkylation sites (N-methyl/N-ethyl adjacent to an activating group) is 1. The summed E-state index contributed by atoms with van der Waals surface area (Å²) >= 11 is 9.08. The smallest absolute Gasteiger partial charge is 0.321 e. The van der Waals surface area contributed by atoms with Crippen LogP contribution in [0.2, 0.25) is 5.02 Å². The standard InChI is InChI=1S/C18H18BrClN2O5S/c1-12-9-13(19)3-8-16(12)21-17(23)11-27-18(24)10-22(2)28(25,26)15-6-4-14(20)5-7-15/h3-9H,10-11H2,1-2H3,(H,21,23). The highest BCUT2D eigenvalue weighted by Gasteiger charge is 2.23. The maximum atomic E-state index is 12.4. The quantitative estimate of drug-likeness (QED) is 0.603. The van der Waals surface area contributed by atoms with Crippen molar-refractivity contribution < 1.29 is 22.7 Å². The molecule has 0 radical (unpaired) electrons. The topological polar surface area (TPSA) is 92.8 Å². The van der Waals surface area contributed by atoms with Crippen LogP contribution in [0.1, 0.15) is 5.56 Å². The van der Waals surface area contributed by atoms with Crippen molar-refractivity contribution in [3.8, 4) is 0 Å². The second-order valence-corrected chi connectivity index (χ2v) is 9.28. The fraction of sp³-hybridized carbons (Fsp3) is 0.222. The van der Waals surface area contributed by atoms with Crippen LogP contribution in [0, 0.1) is 6.92 Å². The van der Waals surface area contributed by atoms with E-state index in [1.165, 1.54) is 31.3 Å². The number of sulfonamides is 1. The number of hydrogen-bond acceptors (Lipinski definition) is 5. The van der Waals surface area contributed by atoms with Crippen LogP contribution in [0.5, 0.6) is 0 Å². The summed E-state index contributed by atoms with van der Waals surface area (Å²) in [5.74, 6) is -1.37. The first kappa shape index (κ1) is 22.4. The minimum Gasteiger partial charge on any atom is -0.455 e. The van der Waals surface area contributed by atoms with Crippen LogP contribution in [0.4, 0.5) is 5.69 Å². The Kier molecular flexibility index (Phi) is 7.59. The van der Waals surface area contributed by atoms with E-state index in [4.69, 9.17) is 16.3 Å². The first-order valence-corrected chi connectivity index (χ1v) is 10.6. The third kappa shape index (κ3) is 6.03. The highest BCUT2D eigenvalue weighted by atomic mass is 79.9. The van der Waals surface area contributed by atoms with Gasteiger partial charge < -0.3 is 10.1 Å². The molecule has 0 aliphatic carbocycles. The highest BCUT2D eigenvalue weighted by Crippen LogP contribution is 2.20. The van der Waals surface area contributed by atoms with E-state index in [-0.39, 0.29) is 4.90 Å². The second kappa shape index (κ2) is 9.51. The average molecular weight is 490 g/mol. The van der Waals surface area contributed by atoms with Crippen molar-refractivity contribution in [3.05, 3.63) is 57.5 Å². The lowest BCUT2D eigenvalue weighted by Crippen LogP contribution is -2.34. The van der Waals surface area contributed by atoms with Gasteiger partial charge >= 0.3 is 5.97 Å². The fourth-order valence-electron chi connectivity index (χ4n) is 2.20. The number of anilines is 1. The van der Waals surface area contributed by atoms with Crippen molar-refractivity contribution in [1.82, 2.24) is 4.31 Å². The number of benzene rings is 2. The van der Waals surface area contributed by atoms with Crippen molar-refractivity contribution in [2.75, 3.05) is 25.5 Å². The van der Waals surface area contributed by atoms with E-state index in [0.717, 1.165) is 14.3 Å². The summed E-state index contributed by atoms with van der Waals surface area (Å²) in [5.41, 5.74) is 1.43. The van der Waals surface area contributed by atoms with Crippen molar-refractivity contribution >= 4 is 55.1 Å². The molecule has 10 heteroatoms. The van der Waals surface area contributed by atoms with Crippen LogP contribution >= 0.6 is 27.5 Å². The van der Waals surface area contributed by atoms with E-state index in [1.807, 2.05) is 13.0 Å². The maximum Gasteiger partial charge on any atom is 0.321 e. The molecular formula is C18H18BrClN2O5S. The van der Waals surface area contributed by atoms with Gasteiger partial charge in [0.25, 0.3) is 5.91 Å². The molecule has 0 heterocycles. The number of rotatable bonds is 7. The number of carbonyl (C=O) groups is 2. The van der Waals surface area contributed by atoms with Gasteiger partial charge in [-0.2, -0.15) is 4.31 Å². The zero-order valence-corrected chi connectivity index (χ0v) is 18.3. The summed E-state index contributed by atoms with van der Waals surface area (Å²) in [7, 11) is -2.63. The fourth-order valence-corrected chi connectivity index (χ4v) is 3.92. The molecule has 0 aliphatic heterocycles. The molecule has 2 aromatic rings. The molecule has 1 N–H and O–H groups in total. The van der Waals surface area contributed by atoms with E-state index in [1.54, 1.807) is 12.1 Å². The Morgan fingerprint density at radius 2 is 1.82 bits per heavy atom. The van der Waals surface area contributed by atoms with E-state index >= 15 is 0 Å². The van der Waals surface area contributed by atoms with Gasteiger partial charge in [0.15, 0.2) is 6.61 Å². The number of hydrogen-bond donors (Lipinski definition) is 1. The predicted molar refractivity (Wildman–Crippen MR) is 110 cm³/mol. The van der Waals surface area contributed by atoms with Gasteiger partial charge in [-0.1, -0.05) is 27.5 Å².